The van der Waals surface area contributed by atoms with E-state index in [1.54, 1.807) is 31.7 Å². The van der Waals surface area contributed by atoms with Crippen molar-refractivity contribution in [1.82, 2.24) is 18.8 Å². The van der Waals surface area contributed by atoms with Crippen LogP contribution in [0.1, 0.15) is 51.6 Å². The van der Waals surface area contributed by atoms with E-state index < -0.39 is 45.2 Å². The lowest BCUT2D eigenvalue weighted by molar-refractivity contribution is 0.0187. The second-order valence-corrected chi connectivity index (χ2v) is 13.4. The highest BCUT2D eigenvalue weighted by Crippen LogP contribution is 2.35. The first-order chi connectivity index (χ1) is 20.8. The van der Waals surface area contributed by atoms with Crippen molar-refractivity contribution in [1.29, 1.82) is 5.26 Å². The van der Waals surface area contributed by atoms with Crippen LogP contribution in [0.25, 0.3) is 10.9 Å². The quantitative estimate of drug-likeness (QED) is 0.420. The molecule has 0 spiro atoms. The number of fused-ring (bicyclic) bond motifs is 1. The van der Waals surface area contributed by atoms with Crippen LogP contribution in [0.3, 0.4) is 0 Å². The van der Waals surface area contributed by atoms with Crippen LogP contribution in [0, 0.1) is 17.1 Å². The number of piperidine rings is 1. The van der Waals surface area contributed by atoms with Crippen molar-refractivity contribution in [3.05, 3.63) is 58.4 Å². The summed E-state index contributed by atoms with van der Waals surface area (Å²) in [4.78, 5) is 31.9. The Balaban J connectivity index is 1.38. The minimum absolute atomic E-state index is 0.0177. The maximum atomic E-state index is 14.9. The van der Waals surface area contributed by atoms with Crippen molar-refractivity contribution >= 4 is 32.9 Å². The number of anilines is 1. The fourth-order valence-electron chi connectivity index (χ4n) is 5.17. The summed E-state index contributed by atoms with van der Waals surface area (Å²) in [7, 11) is -4.21. The van der Waals surface area contributed by atoms with Gasteiger partial charge in [-0.2, -0.15) is 18.0 Å². The topological polar surface area (TPSA) is 147 Å². The number of hydrogen-bond donors (Lipinski definition) is 1. The maximum Gasteiger partial charge on any atom is 0.410 e. The number of benzene rings is 2. The van der Waals surface area contributed by atoms with Crippen molar-refractivity contribution in [2.75, 3.05) is 30.9 Å². The van der Waals surface area contributed by atoms with Gasteiger partial charge in [0.25, 0.3) is 5.56 Å². The van der Waals surface area contributed by atoms with Gasteiger partial charge in [-0.1, -0.05) is 0 Å². The molecule has 234 valence electrons. The molecule has 2 fully saturated rings. The maximum absolute atomic E-state index is 14.9. The number of alkyl halides is 1. The highest BCUT2D eigenvalue weighted by molar-refractivity contribution is 7.90. The van der Waals surface area contributed by atoms with Crippen LogP contribution in [0.5, 0.6) is 11.5 Å². The molecular formula is C29H32F2N6O6S. The third kappa shape index (κ3) is 6.61. The number of amides is 1. The molecule has 44 heavy (non-hydrogen) atoms. The molecule has 1 amide bonds. The summed E-state index contributed by atoms with van der Waals surface area (Å²) in [6, 6.07) is 7.90. The van der Waals surface area contributed by atoms with Crippen molar-refractivity contribution in [2.24, 2.45) is 0 Å². The number of aromatic nitrogens is 2. The third-order valence-electron chi connectivity index (χ3n) is 7.38. The predicted octanol–water partition coefficient (Wildman–Crippen LogP) is 4.47. The Bertz CT molecular complexity index is 1790. The smallest absolute Gasteiger partial charge is 0.410 e. The highest BCUT2D eigenvalue weighted by Gasteiger charge is 2.33. The van der Waals surface area contributed by atoms with E-state index in [2.05, 4.69) is 9.71 Å². The molecule has 0 bridgehead atoms. The number of carbonyl (C=O) groups is 1. The van der Waals surface area contributed by atoms with E-state index in [1.165, 1.54) is 29.1 Å². The average molecular weight is 631 g/mol. The number of nitrogens with one attached hydrogen (secondary N) is 1. The lowest BCUT2D eigenvalue weighted by Crippen LogP contribution is -2.43. The first-order valence-corrected chi connectivity index (χ1v) is 15.5. The first-order valence-electron chi connectivity index (χ1n) is 14.1. The number of hydrogen-bond acceptors (Lipinski definition) is 8. The molecule has 1 N–H and O–H groups in total. The largest absolute Gasteiger partial charge is 0.453 e. The Morgan fingerprint density at radius 3 is 2.50 bits per heavy atom. The number of ether oxygens (including phenoxy) is 2. The Kier molecular flexibility index (Phi) is 8.50. The molecule has 3 aromatic rings. The Morgan fingerprint density at radius 2 is 1.86 bits per heavy atom. The molecular weight excluding hydrogens is 598 g/mol. The standard InChI is InChI=1S/C29H32F2N6O6S/c1-29(2,3)43-28(39)35-11-9-19(10-12-35)37-17-33-24-6-4-20(14-21(24)27(37)38)42-26-22(15-32)25(7-5-23(26)31)34-44(40,41)36-13-8-18(30)16-36/h4-7,14,17-19,34H,8-13,16H2,1-3H3/t18-/m1/s1. The van der Waals surface area contributed by atoms with Crippen LogP contribution in [0.15, 0.2) is 41.5 Å². The minimum Gasteiger partial charge on any atom is -0.453 e. The Labute approximate surface area is 253 Å². The van der Waals surface area contributed by atoms with Gasteiger partial charge in [-0.15, -0.1) is 0 Å². The van der Waals surface area contributed by atoms with Crippen LogP contribution < -0.4 is 15.0 Å². The molecule has 0 saturated carbocycles. The lowest BCUT2D eigenvalue weighted by Gasteiger charge is -2.34. The number of nitriles is 1. The summed E-state index contributed by atoms with van der Waals surface area (Å²) >= 11 is 0. The zero-order valence-electron chi connectivity index (χ0n) is 24.4. The van der Waals surface area contributed by atoms with E-state index in [1.807, 2.05) is 0 Å². The molecule has 0 unspecified atom stereocenters. The van der Waals surface area contributed by atoms with Gasteiger partial charge in [0.2, 0.25) is 0 Å². The number of halogens is 2. The number of carbonyl (C=O) groups excluding carboxylic acids is 1. The van der Waals surface area contributed by atoms with Gasteiger partial charge in [-0.25, -0.2) is 18.6 Å². The lowest BCUT2D eigenvalue weighted by atomic mass is 10.0. The van der Waals surface area contributed by atoms with Crippen molar-refractivity contribution in [2.45, 2.75) is 57.8 Å². The minimum atomic E-state index is -4.21. The van der Waals surface area contributed by atoms with Crippen LogP contribution in [0.4, 0.5) is 19.3 Å². The van der Waals surface area contributed by atoms with E-state index >= 15 is 0 Å². The van der Waals surface area contributed by atoms with Crippen molar-refractivity contribution < 1.29 is 31.5 Å². The Morgan fingerprint density at radius 1 is 1.14 bits per heavy atom. The molecule has 3 heterocycles. The molecule has 2 saturated heterocycles. The second-order valence-electron chi connectivity index (χ2n) is 11.7. The average Bonchev–Trinajstić information content (AvgIpc) is 3.42. The summed E-state index contributed by atoms with van der Waals surface area (Å²) < 4.78 is 69.8. The SMILES string of the molecule is CC(C)(C)OC(=O)N1CCC(n2cnc3ccc(Oc4c(F)ccc(NS(=O)(=O)N5CC[C@@H](F)C5)c4C#N)cc3c2=O)CC1. The molecule has 0 aliphatic carbocycles. The summed E-state index contributed by atoms with van der Waals surface area (Å²) in [6.07, 6.45) is 0.802. The van der Waals surface area contributed by atoms with Gasteiger partial charge < -0.3 is 14.4 Å². The van der Waals surface area contributed by atoms with E-state index in [9.17, 15) is 32.0 Å². The molecule has 2 aliphatic heterocycles. The summed E-state index contributed by atoms with van der Waals surface area (Å²) in [5.41, 5.74) is -1.29. The van der Waals surface area contributed by atoms with E-state index in [0.29, 0.717) is 31.4 Å². The van der Waals surface area contributed by atoms with Gasteiger partial charge >= 0.3 is 16.3 Å². The second kappa shape index (κ2) is 12.0. The highest BCUT2D eigenvalue weighted by atomic mass is 32.2. The van der Waals surface area contributed by atoms with Gasteiger partial charge in [0.15, 0.2) is 11.6 Å². The molecule has 12 nitrogen and oxygen atoms in total. The van der Waals surface area contributed by atoms with Gasteiger partial charge in [0.05, 0.1) is 22.9 Å². The Hall–Kier alpha value is -4.29. The summed E-state index contributed by atoms with van der Waals surface area (Å²) in [5, 5.41) is 10.00. The molecule has 0 radical (unpaired) electrons. The molecule has 1 aromatic heterocycles. The van der Waals surface area contributed by atoms with Gasteiger partial charge in [-0.05, 0) is 70.4 Å². The third-order valence-corrected chi connectivity index (χ3v) is 8.87. The zero-order valence-corrected chi connectivity index (χ0v) is 25.2. The van der Waals surface area contributed by atoms with E-state index in [4.69, 9.17) is 9.47 Å². The van der Waals surface area contributed by atoms with Crippen LogP contribution in [-0.4, -0.2) is 71.2 Å². The van der Waals surface area contributed by atoms with Gasteiger partial charge in [0, 0.05) is 32.2 Å². The van der Waals surface area contributed by atoms with Gasteiger partial charge in [0.1, 0.15) is 29.2 Å². The van der Waals surface area contributed by atoms with E-state index in [0.717, 1.165) is 16.4 Å². The van der Waals surface area contributed by atoms with E-state index in [-0.39, 0.29) is 47.9 Å². The number of rotatable bonds is 6. The van der Waals surface area contributed by atoms with Crippen molar-refractivity contribution in [3.8, 4) is 17.6 Å². The number of likely N-dealkylation sites (tertiary alicyclic amines) is 1. The normalized spacial score (nSPS) is 18.3. The molecule has 1 atom stereocenters. The van der Waals surface area contributed by atoms with Crippen LogP contribution in [0.2, 0.25) is 0 Å². The molecule has 15 heteroatoms. The zero-order chi connectivity index (χ0) is 31.8. The molecule has 2 aliphatic rings. The monoisotopic (exact) mass is 630 g/mol. The molecule has 2 aromatic carbocycles. The summed E-state index contributed by atoms with van der Waals surface area (Å²) in [5.74, 6) is -1.46. The van der Waals surface area contributed by atoms with Crippen LogP contribution in [-0.2, 0) is 14.9 Å². The number of nitrogens with zero attached hydrogens (tertiary/aromatic N) is 5. The first kappa shape index (κ1) is 31.1. The van der Waals surface area contributed by atoms with Crippen LogP contribution >= 0.6 is 0 Å². The van der Waals surface area contributed by atoms with Gasteiger partial charge in [-0.3, -0.25) is 14.1 Å². The fourth-order valence-corrected chi connectivity index (χ4v) is 6.45. The summed E-state index contributed by atoms with van der Waals surface area (Å²) in [6.45, 7) is 5.82. The fraction of sp³-hybridized carbons (Fsp3) is 0.448. The van der Waals surface area contributed by atoms with Crippen molar-refractivity contribution in [3.63, 3.8) is 0 Å². The predicted molar refractivity (Wildman–Crippen MR) is 157 cm³/mol. The molecule has 5 rings (SSSR count).